The fraction of sp³-hybridized carbons (Fsp3) is 0.409. The predicted molar refractivity (Wildman–Crippen MR) is 106 cm³/mol. The molecule has 0 aromatic heterocycles. The SMILES string of the molecule is Cc1ccccc1C(CC(=O)N(C)CCC1CNNC1)c1ccccc1. The molecule has 1 heterocycles. The van der Waals surface area contributed by atoms with Crippen molar-refractivity contribution in [1.82, 2.24) is 15.8 Å². The first kappa shape index (κ1) is 18.6. The Hall–Kier alpha value is -2.17. The Morgan fingerprint density at radius 3 is 2.42 bits per heavy atom. The van der Waals surface area contributed by atoms with Gasteiger partial charge in [-0.2, -0.15) is 0 Å². The lowest BCUT2D eigenvalue weighted by molar-refractivity contribution is -0.130. The zero-order valence-corrected chi connectivity index (χ0v) is 15.7. The number of benzene rings is 2. The normalized spacial score (nSPS) is 15.8. The Labute approximate surface area is 156 Å². The van der Waals surface area contributed by atoms with Gasteiger partial charge in [0.15, 0.2) is 0 Å². The van der Waals surface area contributed by atoms with Crippen LogP contribution in [0.4, 0.5) is 0 Å². The molecule has 138 valence electrons. The molecule has 1 aliphatic rings. The van der Waals surface area contributed by atoms with Crippen molar-refractivity contribution in [3.8, 4) is 0 Å². The molecule has 0 radical (unpaired) electrons. The summed E-state index contributed by atoms with van der Waals surface area (Å²) in [5.74, 6) is 0.912. The summed E-state index contributed by atoms with van der Waals surface area (Å²) in [5.41, 5.74) is 9.98. The van der Waals surface area contributed by atoms with Gasteiger partial charge in [0.25, 0.3) is 0 Å². The van der Waals surface area contributed by atoms with Gasteiger partial charge in [0.1, 0.15) is 0 Å². The molecule has 1 unspecified atom stereocenters. The van der Waals surface area contributed by atoms with Gasteiger partial charge in [0, 0.05) is 39.0 Å². The molecule has 4 nitrogen and oxygen atoms in total. The van der Waals surface area contributed by atoms with Crippen LogP contribution in [0.15, 0.2) is 54.6 Å². The molecule has 2 N–H and O–H groups in total. The van der Waals surface area contributed by atoms with Gasteiger partial charge < -0.3 is 4.90 Å². The van der Waals surface area contributed by atoms with E-state index in [-0.39, 0.29) is 11.8 Å². The molecule has 1 amide bonds. The van der Waals surface area contributed by atoms with Crippen molar-refractivity contribution in [2.45, 2.75) is 25.7 Å². The van der Waals surface area contributed by atoms with Gasteiger partial charge in [-0.3, -0.25) is 15.6 Å². The number of hydrazine groups is 1. The van der Waals surface area contributed by atoms with Gasteiger partial charge in [-0.25, -0.2) is 0 Å². The van der Waals surface area contributed by atoms with Crippen LogP contribution in [0.1, 0.15) is 35.4 Å². The van der Waals surface area contributed by atoms with Crippen molar-refractivity contribution in [1.29, 1.82) is 0 Å². The lowest BCUT2D eigenvalue weighted by atomic mass is 9.85. The average molecular weight is 351 g/mol. The van der Waals surface area contributed by atoms with Crippen LogP contribution in [0, 0.1) is 12.8 Å². The zero-order chi connectivity index (χ0) is 18.4. The summed E-state index contributed by atoms with van der Waals surface area (Å²) < 4.78 is 0. The summed E-state index contributed by atoms with van der Waals surface area (Å²) in [4.78, 5) is 14.8. The number of aryl methyl sites for hydroxylation is 1. The summed E-state index contributed by atoms with van der Waals surface area (Å²) in [5, 5.41) is 0. The van der Waals surface area contributed by atoms with Crippen LogP contribution in [-0.4, -0.2) is 37.5 Å². The Morgan fingerprint density at radius 1 is 1.08 bits per heavy atom. The monoisotopic (exact) mass is 351 g/mol. The lowest BCUT2D eigenvalue weighted by Gasteiger charge is -2.24. The minimum atomic E-state index is 0.0992. The second kappa shape index (κ2) is 8.97. The van der Waals surface area contributed by atoms with Gasteiger partial charge in [-0.1, -0.05) is 54.6 Å². The molecule has 1 fully saturated rings. The standard InChI is InChI=1S/C22H29N3O/c1-17-8-6-7-11-20(17)21(19-9-4-3-5-10-19)14-22(26)25(2)13-12-18-15-23-24-16-18/h3-11,18,21,23-24H,12-16H2,1-2H3. The van der Waals surface area contributed by atoms with Gasteiger partial charge >= 0.3 is 0 Å². The molecule has 2 aromatic carbocycles. The highest BCUT2D eigenvalue weighted by Gasteiger charge is 2.22. The highest BCUT2D eigenvalue weighted by atomic mass is 16.2. The van der Waals surface area contributed by atoms with Gasteiger partial charge in [-0.15, -0.1) is 0 Å². The van der Waals surface area contributed by atoms with Crippen molar-refractivity contribution in [2.24, 2.45) is 5.92 Å². The highest BCUT2D eigenvalue weighted by Crippen LogP contribution is 2.30. The number of nitrogens with zero attached hydrogens (tertiary/aromatic N) is 1. The molecule has 0 bridgehead atoms. The van der Waals surface area contributed by atoms with E-state index in [9.17, 15) is 4.79 Å². The molecule has 1 saturated heterocycles. The second-order valence-corrected chi connectivity index (χ2v) is 7.26. The maximum Gasteiger partial charge on any atom is 0.223 e. The van der Waals surface area contributed by atoms with Crippen molar-refractivity contribution >= 4 is 5.91 Å². The third kappa shape index (κ3) is 4.71. The molecule has 2 aromatic rings. The van der Waals surface area contributed by atoms with Crippen LogP contribution in [0.2, 0.25) is 0 Å². The van der Waals surface area contributed by atoms with Crippen LogP contribution >= 0.6 is 0 Å². The van der Waals surface area contributed by atoms with Crippen LogP contribution in [0.3, 0.4) is 0 Å². The summed E-state index contributed by atoms with van der Waals surface area (Å²) in [6.45, 7) is 4.90. The molecule has 26 heavy (non-hydrogen) atoms. The highest BCUT2D eigenvalue weighted by molar-refractivity contribution is 5.77. The first-order chi connectivity index (χ1) is 12.6. The minimum Gasteiger partial charge on any atom is -0.346 e. The molecule has 3 rings (SSSR count). The molecular formula is C22H29N3O. The number of rotatable bonds is 7. The number of amides is 1. The minimum absolute atomic E-state index is 0.0992. The van der Waals surface area contributed by atoms with Crippen molar-refractivity contribution in [3.63, 3.8) is 0 Å². The smallest absolute Gasteiger partial charge is 0.223 e. The first-order valence-corrected chi connectivity index (χ1v) is 9.45. The van der Waals surface area contributed by atoms with E-state index < -0.39 is 0 Å². The number of nitrogens with one attached hydrogen (secondary N) is 2. The van der Waals surface area contributed by atoms with Crippen LogP contribution < -0.4 is 10.9 Å². The zero-order valence-electron chi connectivity index (χ0n) is 15.7. The van der Waals surface area contributed by atoms with E-state index in [4.69, 9.17) is 0 Å². The van der Waals surface area contributed by atoms with Crippen molar-refractivity contribution in [2.75, 3.05) is 26.7 Å². The summed E-state index contributed by atoms with van der Waals surface area (Å²) >= 11 is 0. The van der Waals surface area contributed by atoms with E-state index in [0.717, 1.165) is 26.1 Å². The molecular weight excluding hydrogens is 322 g/mol. The Morgan fingerprint density at radius 2 is 1.73 bits per heavy atom. The number of hydrogen-bond donors (Lipinski definition) is 2. The summed E-state index contributed by atoms with van der Waals surface area (Å²) in [7, 11) is 1.93. The van der Waals surface area contributed by atoms with E-state index in [1.54, 1.807) is 0 Å². The number of carbonyl (C=O) groups excluding carboxylic acids is 1. The topological polar surface area (TPSA) is 44.4 Å². The van der Waals surface area contributed by atoms with Crippen LogP contribution in [-0.2, 0) is 4.79 Å². The fourth-order valence-corrected chi connectivity index (χ4v) is 3.61. The quantitative estimate of drug-likeness (QED) is 0.806. The third-order valence-electron chi connectivity index (χ3n) is 5.35. The molecule has 1 aliphatic heterocycles. The van der Waals surface area contributed by atoms with E-state index in [2.05, 4.69) is 66.3 Å². The van der Waals surface area contributed by atoms with Gasteiger partial charge in [0.05, 0.1) is 0 Å². The molecule has 0 saturated carbocycles. The Balaban J connectivity index is 1.71. The summed E-state index contributed by atoms with van der Waals surface area (Å²) in [6.07, 6.45) is 1.54. The van der Waals surface area contributed by atoms with E-state index in [1.165, 1.54) is 16.7 Å². The maximum absolute atomic E-state index is 12.9. The first-order valence-electron chi connectivity index (χ1n) is 9.45. The molecule has 0 spiro atoms. The molecule has 4 heteroatoms. The van der Waals surface area contributed by atoms with E-state index >= 15 is 0 Å². The molecule has 0 aliphatic carbocycles. The van der Waals surface area contributed by atoms with Crippen LogP contribution in [0.25, 0.3) is 0 Å². The third-order valence-corrected chi connectivity index (χ3v) is 5.35. The van der Waals surface area contributed by atoms with Crippen LogP contribution in [0.5, 0.6) is 0 Å². The largest absolute Gasteiger partial charge is 0.346 e. The van der Waals surface area contributed by atoms with Crippen molar-refractivity contribution < 1.29 is 4.79 Å². The Kier molecular flexibility index (Phi) is 6.42. The summed E-state index contributed by atoms with van der Waals surface area (Å²) in [6, 6.07) is 18.8. The number of hydrogen-bond acceptors (Lipinski definition) is 3. The van der Waals surface area contributed by atoms with Gasteiger partial charge in [0.2, 0.25) is 5.91 Å². The lowest BCUT2D eigenvalue weighted by Crippen LogP contribution is -2.31. The fourth-order valence-electron chi connectivity index (χ4n) is 3.61. The maximum atomic E-state index is 12.9. The molecule has 1 atom stereocenters. The Bertz CT molecular complexity index is 710. The second-order valence-electron chi connectivity index (χ2n) is 7.26. The number of carbonyl (C=O) groups is 1. The van der Waals surface area contributed by atoms with E-state index in [0.29, 0.717) is 12.3 Å². The predicted octanol–water partition coefficient (Wildman–Crippen LogP) is 3.09. The van der Waals surface area contributed by atoms with Crippen molar-refractivity contribution in [3.05, 3.63) is 71.3 Å². The van der Waals surface area contributed by atoms with Gasteiger partial charge in [-0.05, 0) is 36.0 Å². The average Bonchev–Trinajstić information content (AvgIpc) is 3.19. The van der Waals surface area contributed by atoms with E-state index in [1.807, 2.05) is 18.0 Å².